The van der Waals surface area contributed by atoms with Crippen LogP contribution in [0.1, 0.15) is 125 Å². The first-order valence-electron chi connectivity index (χ1n) is 16.1. The van der Waals surface area contributed by atoms with Gasteiger partial charge < -0.3 is 10.1 Å². The maximum atomic E-state index is 13.5. The van der Waals surface area contributed by atoms with Crippen LogP contribution in [0.15, 0.2) is 12.1 Å². The standard InChI is InChI=1S/C34H48N2O4S2/c1-32(2,3)25-18-23(19-26-28(25)40-16-15-34(26)13-14-34)29-27(17-22-9-7-6-8-10-22)36-31(41-29)30(37)35-20-33(4,5)21-42(38,39)24-11-12-24/h18-19,22,24H,6-17,20-21H2,1-5H3,(H,35,37). The van der Waals surface area contributed by atoms with Crippen molar-refractivity contribution >= 4 is 27.1 Å². The Morgan fingerprint density at radius 2 is 1.76 bits per heavy atom. The Labute approximate surface area is 256 Å². The average molecular weight is 613 g/mol. The average Bonchev–Trinajstić information content (AvgIpc) is 3.86. The topological polar surface area (TPSA) is 85.4 Å². The molecule has 0 radical (unpaired) electrons. The second-order valence-corrected chi connectivity index (χ2v) is 18.7. The van der Waals surface area contributed by atoms with Crippen LogP contribution in [-0.4, -0.2) is 43.5 Å². The minimum absolute atomic E-state index is 0.0751. The number of carbonyl (C=O) groups is 1. The lowest BCUT2D eigenvalue weighted by Gasteiger charge is -2.32. The fraction of sp³-hybridized carbons (Fsp3) is 0.706. The lowest BCUT2D eigenvalue weighted by molar-refractivity contribution is 0.0939. The van der Waals surface area contributed by atoms with Gasteiger partial charge in [-0.25, -0.2) is 13.4 Å². The summed E-state index contributed by atoms with van der Waals surface area (Å²) in [5.74, 6) is 1.56. The fourth-order valence-electron chi connectivity index (χ4n) is 7.03. The molecule has 1 N–H and O–H groups in total. The molecule has 1 amide bonds. The molecule has 6 rings (SSSR count). The van der Waals surface area contributed by atoms with Crippen molar-refractivity contribution in [2.45, 2.75) is 121 Å². The molecule has 3 fully saturated rings. The molecule has 0 unspecified atom stereocenters. The number of benzene rings is 1. The zero-order chi connectivity index (χ0) is 29.9. The zero-order valence-corrected chi connectivity index (χ0v) is 27.7. The van der Waals surface area contributed by atoms with Gasteiger partial charge in [0, 0.05) is 23.1 Å². The van der Waals surface area contributed by atoms with E-state index < -0.39 is 15.3 Å². The fourth-order valence-corrected chi connectivity index (χ4v) is 10.3. The van der Waals surface area contributed by atoms with E-state index in [0.717, 1.165) is 54.2 Å². The summed E-state index contributed by atoms with van der Waals surface area (Å²) in [5, 5.41) is 3.34. The molecule has 0 bridgehead atoms. The summed E-state index contributed by atoms with van der Waals surface area (Å²) in [4.78, 5) is 19.6. The third kappa shape index (κ3) is 6.31. The first-order chi connectivity index (χ1) is 19.8. The quantitative estimate of drug-likeness (QED) is 0.319. The molecule has 1 aliphatic heterocycles. The van der Waals surface area contributed by atoms with Gasteiger partial charge in [-0.05, 0) is 73.0 Å². The Balaban J connectivity index is 1.32. The summed E-state index contributed by atoms with van der Waals surface area (Å²) < 4.78 is 31.6. The molecule has 3 aliphatic carbocycles. The smallest absolute Gasteiger partial charge is 0.280 e. The van der Waals surface area contributed by atoms with Crippen molar-refractivity contribution in [1.82, 2.24) is 10.3 Å². The zero-order valence-electron chi connectivity index (χ0n) is 26.1. The van der Waals surface area contributed by atoms with Crippen LogP contribution >= 0.6 is 11.3 Å². The number of aromatic nitrogens is 1. The third-order valence-corrected chi connectivity index (χ3v) is 13.7. The normalized spacial score (nSPS) is 20.7. The Morgan fingerprint density at radius 3 is 2.40 bits per heavy atom. The van der Waals surface area contributed by atoms with Crippen LogP contribution in [0.4, 0.5) is 0 Å². The lowest BCUT2D eigenvalue weighted by atomic mass is 9.79. The third-order valence-electron chi connectivity index (χ3n) is 9.86. The van der Waals surface area contributed by atoms with Crippen molar-refractivity contribution in [3.8, 4) is 16.2 Å². The molecule has 42 heavy (non-hydrogen) atoms. The summed E-state index contributed by atoms with van der Waals surface area (Å²) in [6.45, 7) is 11.7. The van der Waals surface area contributed by atoms with E-state index in [1.807, 2.05) is 13.8 Å². The number of hydrogen-bond acceptors (Lipinski definition) is 6. The maximum absolute atomic E-state index is 13.5. The summed E-state index contributed by atoms with van der Waals surface area (Å²) in [5.41, 5.74) is 4.41. The van der Waals surface area contributed by atoms with Crippen molar-refractivity contribution in [2.75, 3.05) is 18.9 Å². The van der Waals surface area contributed by atoms with Crippen molar-refractivity contribution in [3.05, 3.63) is 34.0 Å². The predicted molar refractivity (Wildman–Crippen MR) is 170 cm³/mol. The van der Waals surface area contributed by atoms with Crippen LogP contribution in [0.25, 0.3) is 10.4 Å². The molecule has 8 heteroatoms. The SMILES string of the molecule is CC(C)(CNC(=O)c1nc(CC2CCCCC2)c(-c2cc(C(C)(C)C)c3c(c2)C2(CCO3)CC2)s1)CS(=O)(=O)C1CC1. The van der Waals surface area contributed by atoms with Crippen molar-refractivity contribution < 1.29 is 17.9 Å². The highest BCUT2D eigenvalue weighted by Crippen LogP contribution is 2.58. The highest BCUT2D eigenvalue weighted by molar-refractivity contribution is 7.92. The van der Waals surface area contributed by atoms with Gasteiger partial charge in [0.1, 0.15) is 5.75 Å². The number of amides is 1. The van der Waals surface area contributed by atoms with E-state index in [0.29, 0.717) is 17.5 Å². The van der Waals surface area contributed by atoms with E-state index in [1.165, 1.54) is 67.4 Å². The Bertz CT molecular complexity index is 1440. The predicted octanol–water partition coefficient (Wildman–Crippen LogP) is 7.38. The number of hydrogen-bond donors (Lipinski definition) is 1. The monoisotopic (exact) mass is 612 g/mol. The van der Waals surface area contributed by atoms with Gasteiger partial charge in [0.05, 0.1) is 28.2 Å². The molecule has 4 aliphatic rings. The molecule has 2 aromatic rings. The Hall–Kier alpha value is -1.93. The first-order valence-corrected chi connectivity index (χ1v) is 18.6. The molecular formula is C34H48N2O4S2. The van der Waals surface area contributed by atoms with Crippen LogP contribution < -0.4 is 10.1 Å². The van der Waals surface area contributed by atoms with Gasteiger partial charge in [0.25, 0.3) is 5.91 Å². The van der Waals surface area contributed by atoms with Crippen molar-refractivity contribution in [3.63, 3.8) is 0 Å². The van der Waals surface area contributed by atoms with Crippen LogP contribution in [0.5, 0.6) is 5.75 Å². The largest absolute Gasteiger partial charge is 0.493 e. The van der Waals surface area contributed by atoms with Gasteiger partial charge >= 0.3 is 0 Å². The minimum Gasteiger partial charge on any atom is -0.493 e. The van der Waals surface area contributed by atoms with E-state index in [9.17, 15) is 13.2 Å². The van der Waals surface area contributed by atoms with Gasteiger partial charge in [-0.2, -0.15) is 0 Å². The number of sulfone groups is 1. The van der Waals surface area contributed by atoms with Gasteiger partial charge in [-0.1, -0.05) is 66.7 Å². The van der Waals surface area contributed by atoms with Crippen LogP contribution in [0.2, 0.25) is 0 Å². The Kier molecular flexibility index (Phi) is 7.82. The summed E-state index contributed by atoms with van der Waals surface area (Å²) in [6.07, 6.45) is 12.2. The van der Waals surface area contributed by atoms with Gasteiger partial charge in [0.2, 0.25) is 0 Å². The summed E-state index contributed by atoms with van der Waals surface area (Å²) in [6, 6.07) is 4.65. The van der Waals surface area contributed by atoms with Gasteiger partial charge in [-0.3, -0.25) is 4.79 Å². The summed E-state index contributed by atoms with van der Waals surface area (Å²) >= 11 is 1.50. The lowest BCUT2D eigenvalue weighted by Crippen LogP contribution is -2.38. The molecule has 1 spiro atoms. The number of fused-ring (bicyclic) bond motifs is 2. The Morgan fingerprint density at radius 1 is 1.05 bits per heavy atom. The molecule has 2 heterocycles. The molecule has 0 atom stereocenters. The van der Waals surface area contributed by atoms with Crippen LogP contribution in [0.3, 0.4) is 0 Å². The molecule has 6 nitrogen and oxygen atoms in total. The molecular weight excluding hydrogens is 565 g/mol. The molecule has 230 valence electrons. The van der Waals surface area contributed by atoms with Crippen LogP contribution in [-0.2, 0) is 27.1 Å². The van der Waals surface area contributed by atoms with Crippen LogP contribution in [0, 0.1) is 11.3 Å². The number of carbonyl (C=O) groups excluding carboxylic acids is 1. The molecule has 1 aromatic carbocycles. The van der Waals surface area contributed by atoms with Gasteiger partial charge in [0.15, 0.2) is 14.8 Å². The maximum Gasteiger partial charge on any atom is 0.280 e. The number of nitrogens with one attached hydrogen (secondary N) is 1. The molecule has 0 saturated heterocycles. The second kappa shape index (κ2) is 10.9. The summed E-state index contributed by atoms with van der Waals surface area (Å²) in [7, 11) is -3.12. The van der Waals surface area contributed by atoms with Crippen molar-refractivity contribution in [2.24, 2.45) is 11.3 Å². The number of ether oxygens (including phenoxy) is 1. The van der Waals surface area contributed by atoms with E-state index in [1.54, 1.807) is 0 Å². The van der Waals surface area contributed by atoms with E-state index in [-0.39, 0.29) is 27.7 Å². The highest BCUT2D eigenvalue weighted by Gasteiger charge is 2.49. The first kappa shape index (κ1) is 30.1. The van der Waals surface area contributed by atoms with Gasteiger partial charge in [-0.15, -0.1) is 11.3 Å². The molecule has 3 saturated carbocycles. The van der Waals surface area contributed by atoms with Crippen molar-refractivity contribution in [1.29, 1.82) is 0 Å². The number of nitrogens with zero attached hydrogens (tertiary/aromatic N) is 1. The number of rotatable bonds is 9. The van der Waals surface area contributed by atoms with E-state index in [2.05, 4.69) is 38.2 Å². The van der Waals surface area contributed by atoms with E-state index >= 15 is 0 Å². The number of thiazole rings is 1. The minimum atomic E-state index is -3.12. The second-order valence-electron chi connectivity index (χ2n) is 15.4. The molecule has 1 aromatic heterocycles. The highest BCUT2D eigenvalue weighted by atomic mass is 32.2. The van der Waals surface area contributed by atoms with E-state index in [4.69, 9.17) is 9.72 Å².